The fourth-order valence-electron chi connectivity index (χ4n) is 3.25. The van der Waals surface area contributed by atoms with Crippen molar-refractivity contribution < 1.29 is 9.18 Å². The molecule has 0 aromatic heterocycles. The number of hydrogen-bond donors (Lipinski definition) is 2. The quantitative estimate of drug-likeness (QED) is 0.260. The molecule has 3 rings (SSSR count). The lowest BCUT2D eigenvalue weighted by molar-refractivity contribution is -0.121. The minimum Gasteiger partial charge on any atom is -0.366 e. The zero-order valence-electron chi connectivity index (χ0n) is 16.5. The van der Waals surface area contributed by atoms with Gasteiger partial charge in [0.05, 0.1) is 5.69 Å². The third kappa shape index (κ3) is 6.79. The summed E-state index contributed by atoms with van der Waals surface area (Å²) in [7, 11) is 0. The van der Waals surface area contributed by atoms with Crippen molar-refractivity contribution in [2.45, 2.75) is 38.6 Å². The number of aliphatic imine (C=N–C) groups is 1. The number of carbonyl (C=O) groups excluding carboxylic acids is 1. The van der Waals surface area contributed by atoms with Gasteiger partial charge in [-0.25, -0.2) is 4.39 Å². The van der Waals surface area contributed by atoms with E-state index in [4.69, 9.17) is 0 Å². The van der Waals surface area contributed by atoms with Crippen LogP contribution in [0.5, 0.6) is 0 Å². The SMILES string of the molecule is CCNC(=NCCCC(=O)NC1CC1)N1CCN(c2ccccc2F)CC1.I. The van der Waals surface area contributed by atoms with Gasteiger partial charge in [0.15, 0.2) is 5.96 Å². The van der Waals surface area contributed by atoms with Crippen LogP contribution in [0.25, 0.3) is 0 Å². The summed E-state index contributed by atoms with van der Waals surface area (Å²) in [5.41, 5.74) is 0.667. The molecule has 0 radical (unpaired) electrons. The third-order valence-electron chi connectivity index (χ3n) is 4.87. The molecular formula is C20H31FIN5O. The zero-order valence-corrected chi connectivity index (χ0v) is 18.8. The Morgan fingerprint density at radius 2 is 1.93 bits per heavy atom. The molecule has 2 aliphatic rings. The number of nitrogens with one attached hydrogen (secondary N) is 2. The van der Waals surface area contributed by atoms with E-state index in [9.17, 15) is 9.18 Å². The fourth-order valence-corrected chi connectivity index (χ4v) is 3.25. The summed E-state index contributed by atoms with van der Waals surface area (Å²) in [4.78, 5) is 20.7. The van der Waals surface area contributed by atoms with Gasteiger partial charge in [-0.1, -0.05) is 12.1 Å². The first kappa shape index (κ1) is 22.7. The molecule has 0 spiro atoms. The second kappa shape index (κ2) is 11.4. The van der Waals surface area contributed by atoms with E-state index in [1.807, 2.05) is 19.1 Å². The number of piperazine rings is 1. The Morgan fingerprint density at radius 1 is 1.21 bits per heavy atom. The average Bonchev–Trinajstić information content (AvgIpc) is 3.49. The van der Waals surface area contributed by atoms with Crippen molar-refractivity contribution in [3.8, 4) is 0 Å². The molecule has 1 saturated carbocycles. The number of benzene rings is 1. The van der Waals surface area contributed by atoms with Crippen molar-refractivity contribution in [1.29, 1.82) is 0 Å². The highest BCUT2D eigenvalue weighted by molar-refractivity contribution is 14.0. The molecule has 1 amide bonds. The lowest BCUT2D eigenvalue weighted by Gasteiger charge is -2.37. The lowest BCUT2D eigenvalue weighted by Crippen LogP contribution is -2.52. The Hall–Kier alpha value is -1.58. The van der Waals surface area contributed by atoms with Crippen molar-refractivity contribution in [3.63, 3.8) is 0 Å². The monoisotopic (exact) mass is 503 g/mol. The number of hydrogen-bond acceptors (Lipinski definition) is 3. The van der Waals surface area contributed by atoms with E-state index in [2.05, 4.69) is 25.4 Å². The molecule has 8 heteroatoms. The Bertz CT molecular complexity index is 660. The Labute approximate surface area is 184 Å². The zero-order chi connectivity index (χ0) is 19.1. The van der Waals surface area contributed by atoms with Crippen LogP contribution in [0, 0.1) is 5.82 Å². The number of nitrogens with zero attached hydrogens (tertiary/aromatic N) is 3. The molecule has 0 bridgehead atoms. The van der Waals surface area contributed by atoms with E-state index in [0.29, 0.717) is 24.7 Å². The maximum atomic E-state index is 14.0. The summed E-state index contributed by atoms with van der Waals surface area (Å²) in [5, 5.41) is 6.34. The van der Waals surface area contributed by atoms with Gasteiger partial charge in [0, 0.05) is 51.7 Å². The molecule has 2 N–H and O–H groups in total. The number of anilines is 1. The van der Waals surface area contributed by atoms with Crippen molar-refractivity contribution in [2.75, 3.05) is 44.2 Å². The van der Waals surface area contributed by atoms with Gasteiger partial charge in [0.2, 0.25) is 5.91 Å². The summed E-state index contributed by atoms with van der Waals surface area (Å²) < 4.78 is 14.0. The van der Waals surface area contributed by atoms with Crippen LogP contribution in [-0.4, -0.2) is 62.1 Å². The third-order valence-corrected chi connectivity index (χ3v) is 4.87. The van der Waals surface area contributed by atoms with Crippen LogP contribution >= 0.6 is 24.0 Å². The molecule has 1 aromatic carbocycles. The Balaban J connectivity index is 0.00000280. The summed E-state index contributed by atoms with van der Waals surface area (Å²) in [5.74, 6) is 0.848. The van der Waals surface area contributed by atoms with Crippen molar-refractivity contribution in [3.05, 3.63) is 30.1 Å². The van der Waals surface area contributed by atoms with Gasteiger partial charge in [0.25, 0.3) is 0 Å². The molecule has 6 nitrogen and oxygen atoms in total. The van der Waals surface area contributed by atoms with Gasteiger partial charge in [-0.3, -0.25) is 9.79 Å². The Kier molecular flexibility index (Phi) is 9.27. The van der Waals surface area contributed by atoms with E-state index < -0.39 is 0 Å². The maximum Gasteiger partial charge on any atom is 0.220 e. The number of amides is 1. The highest BCUT2D eigenvalue weighted by Crippen LogP contribution is 2.20. The van der Waals surface area contributed by atoms with E-state index in [-0.39, 0.29) is 35.7 Å². The second-order valence-electron chi connectivity index (χ2n) is 7.11. The molecule has 1 aliphatic heterocycles. The predicted octanol–water partition coefficient (Wildman–Crippen LogP) is 2.59. The van der Waals surface area contributed by atoms with Crippen molar-refractivity contribution in [2.24, 2.45) is 4.99 Å². The summed E-state index contributed by atoms with van der Waals surface area (Å²) in [6, 6.07) is 7.35. The van der Waals surface area contributed by atoms with Crippen molar-refractivity contribution in [1.82, 2.24) is 15.5 Å². The molecule has 1 aromatic rings. The van der Waals surface area contributed by atoms with Gasteiger partial charge in [0.1, 0.15) is 5.82 Å². The standard InChI is InChI=1S/C20H30FN5O.HI/c1-2-22-20(23-11-5-8-19(27)24-16-9-10-16)26-14-12-25(13-15-26)18-7-4-3-6-17(18)21;/h3-4,6-7,16H,2,5,8-15H2,1H3,(H,22,23)(H,24,27);1H. The highest BCUT2D eigenvalue weighted by atomic mass is 127. The summed E-state index contributed by atoms with van der Waals surface area (Å²) >= 11 is 0. The van der Waals surface area contributed by atoms with E-state index in [1.54, 1.807) is 6.07 Å². The van der Waals surface area contributed by atoms with Crippen molar-refractivity contribution >= 4 is 41.5 Å². The van der Waals surface area contributed by atoms with E-state index in [1.165, 1.54) is 6.07 Å². The normalized spacial score (nSPS) is 17.1. The molecule has 2 fully saturated rings. The lowest BCUT2D eigenvalue weighted by atomic mass is 10.2. The fraction of sp³-hybridized carbons (Fsp3) is 0.600. The predicted molar refractivity (Wildman–Crippen MR) is 122 cm³/mol. The van der Waals surface area contributed by atoms with Crippen LogP contribution in [-0.2, 0) is 4.79 Å². The summed E-state index contributed by atoms with van der Waals surface area (Å²) in [6.07, 6.45) is 3.52. The summed E-state index contributed by atoms with van der Waals surface area (Å²) in [6.45, 7) is 6.59. The van der Waals surface area contributed by atoms with Gasteiger partial charge < -0.3 is 20.4 Å². The topological polar surface area (TPSA) is 60.0 Å². The van der Waals surface area contributed by atoms with Gasteiger partial charge in [-0.2, -0.15) is 0 Å². The highest BCUT2D eigenvalue weighted by Gasteiger charge is 2.23. The molecule has 0 unspecified atom stereocenters. The first-order valence-corrected chi connectivity index (χ1v) is 9.99. The molecular weight excluding hydrogens is 472 g/mol. The molecule has 28 heavy (non-hydrogen) atoms. The van der Waals surface area contributed by atoms with Crippen LogP contribution in [0.3, 0.4) is 0 Å². The molecule has 1 heterocycles. The first-order valence-electron chi connectivity index (χ1n) is 9.99. The van der Waals surface area contributed by atoms with Crippen LogP contribution in [0.2, 0.25) is 0 Å². The first-order chi connectivity index (χ1) is 13.2. The van der Waals surface area contributed by atoms with Crippen LogP contribution in [0.4, 0.5) is 10.1 Å². The molecule has 1 saturated heterocycles. The minimum atomic E-state index is -0.170. The van der Waals surface area contributed by atoms with E-state index >= 15 is 0 Å². The molecule has 1 aliphatic carbocycles. The molecule has 156 valence electrons. The number of rotatable bonds is 7. The minimum absolute atomic E-state index is 0. The van der Waals surface area contributed by atoms with Crippen LogP contribution in [0.1, 0.15) is 32.6 Å². The number of guanidine groups is 1. The van der Waals surface area contributed by atoms with Gasteiger partial charge in [-0.15, -0.1) is 24.0 Å². The number of halogens is 2. The van der Waals surface area contributed by atoms with E-state index in [0.717, 1.165) is 57.9 Å². The van der Waals surface area contributed by atoms with Gasteiger partial charge >= 0.3 is 0 Å². The number of para-hydroxylation sites is 1. The van der Waals surface area contributed by atoms with Crippen LogP contribution < -0.4 is 15.5 Å². The largest absolute Gasteiger partial charge is 0.366 e. The smallest absolute Gasteiger partial charge is 0.220 e. The number of carbonyl (C=O) groups is 1. The average molecular weight is 503 g/mol. The maximum absolute atomic E-state index is 14.0. The Morgan fingerprint density at radius 3 is 2.57 bits per heavy atom. The van der Waals surface area contributed by atoms with Gasteiger partial charge in [-0.05, 0) is 38.3 Å². The second-order valence-corrected chi connectivity index (χ2v) is 7.11. The molecule has 0 atom stereocenters. The van der Waals surface area contributed by atoms with Crippen LogP contribution in [0.15, 0.2) is 29.3 Å².